The lowest BCUT2D eigenvalue weighted by molar-refractivity contribution is -0.122. The summed E-state index contributed by atoms with van der Waals surface area (Å²) in [5.41, 5.74) is 0.689. The Labute approximate surface area is 150 Å². The molecule has 0 spiro atoms. The number of thiocarbonyl (C=S) groups is 1. The van der Waals surface area contributed by atoms with Crippen molar-refractivity contribution in [1.82, 2.24) is 4.90 Å². The molecule has 1 aromatic carbocycles. The Morgan fingerprint density at radius 2 is 1.91 bits per heavy atom. The number of ether oxygens (including phenoxy) is 2. The molecule has 0 unspecified atom stereocenters. The van der Waals surface area contributed by atoms with Crippen LogP contribution in [0.25, 0.3) is 6.08 Å². The quantitative estimate of drug-likeness (QED) is 0.572. The molecule has 1 aliphatic rings. The van der Waals surface area contributed by atoms with Crippen molar-refractivity contribution in [3.05, 3.63) is 27.6 Å². The Kier molecular flexibility index (Phi) is 5.95. The first-order chi connectivity index (χ1) is 10.9. The van der Waals surface area contributed by atoms with Gasteiger partial charge in [-0.1, -0.05) is 49.4 Å². The molecule has 1 amide bonds. The van der Waals surface area contributed by atoms with Crippen LogP contribution in [0.4, 0.5) is 0 Å². The van der Waals surface area contributed by atoms with Crippen LogP contribution in [0.5, 0.6) is 11.5 Å². The average Bonchev–Trinajstić information content (AvgIpc) is 2.76. The minimum absolute atomic E-state index is 0.0837. The van der Waals surface area contributed by atoms with Gasteiger partial charge in [0.2, 0.25) is 0 Å². The molecule has 0 radical (unpaired) electrons. The fourth-order valence-corrected chi connectivity index (χ4v) is 3.62. The van der Waals surface area contributed by atoms with Gasteiger partial charge < -0.3 is 9.47 Å². The second-order valence-corrected chi connectivity index (χ2v) is 7.50. The van der Waals surface area contributed by atoms with Crippen LogP contribution in [0.2, 0.25) is 5.02 Å². The molecule has 0 bridgehead atoms. The number of benzene rings is 1. The Morgan fingerprint density at radius 3 is 2.48 bits per heavy atom. The van der Waals surface area contributed by atoms with Crippen LogP contribution >= 0.6 is 35.6 Å². The van der Waals surface area contributed by atoms with E-state index < -0.39 is 0 Å². The lowest BCUT2D eigenvalue weighted by atomic mass is 10.1. The van der Waals surface area contributed by atoms with E-state index in [1.54, 1.807) is 37.3 Å². The first kappa shape index (κ1) is 18.1. The minimum atomic E-state index is -0.0837. The smallest absolute Gasteiger partial charge is 0.266 e. The van der Waals surface area contributed by atoms with Crippen LogP contribution < -0.4 is 9.47 Å². The van der Waals surface area contributed by atoms with Crippen molar-refractivity contribution in [3.8, 4) is 11.5 Å². The summed E-state index contributed by atoms with van der Waals surface area (Å²) in [5, 5.41) is 0.483. The number of nitrogens with zero attached hydrogens (tertiary/aromatic N) is 1. The van der Waals surface area contributed by atoms with Crippen molar-refractivity contribution in [1.29, 1.82) is 0 Å². The number of carbonyl (C=O) groups excluding carboxylic acids is 1. The number of halogens is 1. The predicted molar refractivity (Wildman–Crippen MR) is 99.3 cm³/mol. The van der Waals surface area contributed by atoms with Gasteiger partial charge in [-0.15, -0.1) is 0 Å². The van der Waals surface area contributed by atoms with Crippen LogP contribution in [0.1, 0.15) is 19.4 Å². The number of thioether (sulfide) groups is 1. The van der Waals surface area contributed by atoms with Crippen LogP contribution in [-0.2, 0) is 4.79 Å². The zero-order valence-corrected chi connectivity index (χ0v) is 15.8. The van der Waals surface area contributed by atoms with E-state index in [0.29, 0.717) is 43.8 Å². The summed E-state index contributed by atoms with van der Waals surface area (Å²) in [6, 6.07) is 3.41. The van der Waals surface area contributed by atoms with Gasteiger partial charge >= 0.3 is 0 Å². The molecule has 0 atom stereocenters. The zero-order valence-electron chi connectivity index (χ0n) is 13.4. The highest BCUT2D eigenvalue weighted by Gasteiger charge is 2.32. The van der Waals surface area contributed by atoms with E-state index in [9.17, 15) is 4.79 Å². The molecule has 0 aromatic heterocycles. The molecule has 1 heterocycles. The molecular weight excluding hydrogens is 354 g/mol. The van der Waals surface area contributed by atoms with Crippen LogP contribution in [0.3, 0.4) is 0 Å². The topological polar surface area (TPSA) is 38.8 Å². The van der Waals surface area contributed by atoms with E-state index in [4.69, 9.17) is 33.3 Å². The van der Waals surface area contributed by atoms with Gasteiger partial charge in [-0.05, 0) is 23.6 Å². The van der Waals surface area contributed by atoms with E-state index in [1.807, 2.05) is 13.8 Å². The van der Waals surface area contributed by atoms with E-state index in [0.717, 1.165) is 0 Å². The number of carbonyl (C=O) groups is 1. The molecule has 0 aliphatic carbocycles. The number of hydrogen-bond donors (Lipinski definition) is 0. The van der Waals surface area contributed by atoms with Crippen molar-refractivity contribution < 1.29 is 14.3 Å². The maximum Gasteiger partial charge on any atom is 0.266 e. The van der Waals surface area contributed by atoms with Crippen molar-refractivity contribution in [2.75, 3.05) is 20.8 Å². The molecule has 23 heavy (non-hydrogen) atoms. The second kappa shape index (κ2) is 7.55. The lowest BCUT2D eigenvalue weighted by Gasteiger charge is -2.16. The highest BCUT2D eigenvalue weighted by molar-refractivity contribution is 8.26. The largest absolute Gasteiger partial charge is 0.493 e. The summed E-state index contributed by atoms with van der Waals surface area (Å²) in [6.07, 6.45) is 1.74. The summed E-state index contributed by atoms with van der Waals surface area (Å²) >= 11 is 12.9. The number of methoxy groups -OCH3 is 2. The van der Waals surface area contributed by atoms with Crippen molar-refractivity contribution in [3.63, 3.8) is 0 Å². The molecule has 1 saturated heterocycles. The molecule has 2 rings (SSSR count). The van der Waals surface area contributed by atoms with Gasteiger partial charge in [0.25, 0.3) is 5.91 Å². The van der Waals surface area contributed by atoms with Crippen LogP contribution in [0, 0.1) is 5.92 Å². The SMILES string of the molecule is COc1cc(Cl)c(/C=C2\SC(=S)N(CC(C)C)C2=O)cc1OC. The Balaban J connectivity index is 2.36. The molecule has 0 saturated carbocycles. The molecule has 0 N–H and O–H groups in total. The van der Waals surface area contributed by atoms with Crippen molar-refractivity contribution in [2.45, 2.75) is 13.8 Å². The third-order valence-electron chi connectivity index (χ3n) is 3.21. The summed E-state index contributed by atoms with van der Waals surface area (Å²) < 4.78 is 11.1. The van der Waals surface area contributed by atoms with Crippen molar-refractivity contribution >= 4 is 51.9 Å². The number of hydrogen-bond acceptors (Lipinski definition) is 5. The van der Waals surface area contributed by atoms with Crippen LogP contribution in [-0.4, -0.2) is 35.9 Å². The maximum atomic E-state index is 12.5. The van der Waals surface area contributed by atoms with Gasteiger partial charge in [0.1, 0.15) is 4.32 Å². The average molecular weight is 372 g/mol. The van der Waals surface area contributed by atoms with E-state index in [1.165, 1.54) is 11.8 Å². The monoisotopic (exact) mass is 371 g/mol. The highest BCUT2D eigenvalue weighted by Crippen LogP contribution is 2.37. The Morgan fingerprint density at radius 1 is 1.30 bits per heavy atom. The Hall–Kier alpha value is -1.24. The van der Waals surface area contributed by atoms with Gasteiger partial charge in [0.05, 0.1) is 24.1 Å². The highest BCUT2D eigenvalue weighted by atomic mass is 35.5. The summed E-state index contributed by atoms with van der Waals surface area (Å²) in [4.78, 5) is 14.7. The minimum Gasteiger partial charge on any atom is -0.493 e. The fraction of sp³-hybridized carbons (Fsp3) is 0.375. The third-order valence-corrected chi connectivity index (χ3v) is 4.92. The molecule has 1 aromatic rings. The molecule has 124 valence electrons. The van der Waals surface area contributed by atoms with E-state index in [2.05, 4.69) is 0 Å². The van der Waals surface area contributed by atoms with E-state index in [-0.39, 0.29) is 5.91 Å². The molecule has 1 fully saturated rings. The summed E-state index contributed by atoms with van der Waals surface area (Å²) in [6.45, 7) is 4.71. The molecule has 4 nitrogen and oxygen atoms in total. The van der Waals surface area contributed by atoms with Crippen LogP contribution in [0.15, 0.2) is 17.0 Å². The summed E-state index contributed by atoms with van der Waals surface area (Å²) in [7, 11) is 3.10. The summed E-state index contributed by atoms with van der Waals surface area (Å²) in [5.74, 6) is 1.36. The first-order valence-electron chi connectivity index (χ1n) is 7.04. The predicted octanol–water partition coefficient (Wildman–Crippen LogP) is 4.21. The third kappa shape index (κ3) is 4.00. The maximum absolute atomic E-state index is 12.5. The number of rotatable bonds is 5. The van der Waals surface area contributed by atoms with Crippen molar-refractivity contribution in [2.24, 2.45) is 5.92 Å². The zero-order chi connectivity index (χ0) is 17.1. The van der Waals surface area contributed by atoms with Gasteiger partial charge in [-0.3, -0.25) is 9.69 Å². The number of amides is 1. The van der Waals surface area contributed by atoms with Gasteiger partial charge in [0, 0.05) is 12.6 Å². The Bertz CT molecular complexity index is 674. The molecular formula is C16H18ClNO3S2. The molecule has 1 aliphatic heterocycles. The fourth-order valence-electron chi connectivity index (χ4n) is 2.14. The van der Waals surface area contributed by atoms with Gasteiger partial charge in [-0.25, -0.2) is 0 Å². The van der Waals surface area contributed by atoms with Gasteiger partial charge in [-0.2, -0.15) is 0 Å². The normalized spacial score (nSPS) is 16.6. The van der Waals surface area contributed by atoms with E-state index >= 15 is 0 Å². The standard InChI is InChI=1S/C16H18ClNO3S2/c1-9(2)8-18-15(19)14(23-16(18)22)6-10-5-12(20-3)13(21-4)7-11(10)17/h5-7,9H,8H2,1-4H3/b14-6-. The molecule has 7 heteroatoms. The van der Waals surface area contributed by atoms with Gasteiger partial charge in [0.15, 0.2) is 11.5 Å². The lowest BCUT2D eigenvalue weighted by Crippen LogP contribution is -2.31. The second-order valence-electron chi connectivity index (χ2n) is 5.41. The first-order valence-corrected chi connectivity index (χ1v) is 8.64.